The number of H-pyrrole nitrogens is 1. The van der Waals surface area contributed by atoms with E-state index in [2.05, 4.69) is 30.6 Å². The van der Waals surface area contributed by atoms with Crippen LogP contribution < -0.4 is 35.3 Å². The van der Waals surface area contributed by atoms with E-state index < -0.39 is 55.6 Å². The normalized spacial score (nSPS) is 13.6. The summed E-state index contributed by atoms with van der Waals surface area (Å²) in [7, 11) is 3.09. The molecule has 1 aliphatic carbocycles. The predicted molar refractivity (Wildman–Crippen MR) is 248 cm³/mol. The van der Waals surface area contributed by atoms with Crippen molar-refractivity contribution in [2.24, 2.45) is 0 Å². The molecule has 0 saturated carbocycles. The third kappa shape index (κ3) is 10.0. The number of aryl methyl sites for hydroxylation is 2. The summed E-state index contributed by atoms with van der Waals surface area (Å²) in [6.07, 6.45) is -0.667. The number of hydrogen-bond acceptors (Lipinski definition) is 10. The first-order chi connectivity index (χ1) is 31.8. The maximum atomic E-state index is 17.1. The highest BCUT2D eigenvalue weighted by molar-refractivity contribution is 6.36. The van der Waals surface area contributed by atoms with Crippen molar-refractivity contribution in [2.75, 3.05) is 37.6 Å². The van der Waals surface area contributed by atoms with Gasteiger partial charge in [-0.1, -0.05) is 66.2 Å². The number of rotatable bonds is 16. The minimum absolute atomic E-state index is 0.0844. The maximum absolute atomic E-state index is 17.1. The number of alkyl halides is 3. The van der Waals surface area contributed by atoms with Crippen LogP contribution in [0.25, 0.3) is 22.2 Å². The van der Waals surface area contributed by atoms with E-state index in [9.17, 15) is 4.79 Å². The molecule has 8 rings (SSSR count). The zero-order chi connectivity index (χ0) is 46.5. The highest BCUT2D eigenvalue weighted by atomic mass is 35.5. The topological polar surface area (TPSA) is 127 Å². The number of nitrogens with one attached hydrogen (secondary N) is 3. The van der Waals surface area contributed by atoms with Crippen molar-refractivity contribution in [1.29, 1.82) is 0 Å². The number of anilines is 2. The van der Waals surface area contributed by atoms with Gasteiger partial charge in [0.25, 0.3) is 5.56 Å². The Bertz CT molecular complexity index is 2850. The summed E-state index contributed by atoms with van der Waals surface area (Å²) in [5.74, 6) is 0.358. The number of nitrogens with zero attached hydrogens (tertiary/aromatic N) is 4. The fraction of sp³-hybridized carbons (Fsp3) is 0.265. The highest BCUT2D eigenvalue weighted by Gasteiger charge is 2.40. The van der Waals surface area contributed by atoms with E-state index in [-0.39, 0.29) is 49.4 Å². The molecule has 0 amide bonds. The number of halogens is 6. The molecule has 3 aromatic heterocycles. The molecular weight excluding hydrogens is 897 g/mol. The quantitative estimate of drug-likeness (QED) is 0.0490. The average Bonchev–Trinajstić information content (AvgIpc) is 3.30. The van der Waals surface area contributed by atoms with Crippen molar-refractivity contribution in [3.05, 3.63) is 163 Å². The maximum Gasteiger partial charge on any atom is 0.418 e. The Balaban J connectivity index is 1.17. The molecule has 0 saturated heterocycles. The molecule has 4 aromatic carbocycles. The van der Waals surface area contributed by atoms with Crippen LogP contribution in [0.5, 0.6) is 17.2 Å². The van der Waals surface area contributed by atoms with Gasteiger partial charge in [-0.05, 0) is 102 Å². The lowest BCUT2D eigenvalue weighted by atomic mass is 9.88. The van der Waals surface area contributed by atoms with E-state index in [1.807, 2.05) is 60.7 Å². The van der Waals surface area contributed by atoms with Gasteiger partial charge in [0, 0.05) is 44.0 Å². The second-order valence-corrected chi connectivity index (χ2v) is 16.5. The molecule has 0 fully saturated rings. The fourth-order valence-corrected chi connectivity index (χ4v) is 8.84. The minimum Gasteiger partial charge on any atom is -0.497 e. The van der Waals surface area contributed by atoms with Crippen LogP contribution in [-0.2, 0) is 32.2 Å². The summed E-state index contributed by atoms with van der Waals surface area (Å²) in [5.41, 5.74) is 0.239. The van der Waals surface area contributed by atoms with Gasteiger partial charge < -0.3 is 29.7 Å². The van der Waals surface area contributed by atoms with E-state index in [1.54, 1.807) is 49.6 Å². The lowest BCUT2D eigenvalue weighted by Gasteiger charge is -2.28. The number of ether oxygens (including phenoxy) is 3. The molecule has 1 atom stereocenters. The lowest BCUT2D eigenvalue weighted by Crippen LogP contribution is -2.30. The third-order valence-electron chi connectivity index (χ3n) is 11.5. The molecule has 0 aliphatic heterocycles. The number of aromatic nitrogens is 4. The second kappa shape index (κ2) is 20.0. The van der Waals surface area contributed by atoms with Gasteiger partial charge in [-0.3, -0.25) is 9.78 Å². The summed E-state index contributed by atoms with van der Waals surface area (Å²) in [6, 6.07) is 27.5. The summed E-state index contributed by atoms with van der Waals surface area (Å²) < 4.78 is 79.8. The van der Waals surface area contributed by atoms with E-state index in [0.29, 0.717) is 18.0 Å². The number of benzene rings is 4. The number of pyridine rings is 2. The molecule has 342 valence electrons. The number of fused-ring (bicyclic) bond motifs is 2. The Kier molecular flexibility index (Phi) is 14.0. The van der Waals surface area contributed by atoms with Crippen molar-refractivity contribution in [3.8, 4) is 28.5 Å². The van der Waals surface area contributed by atoms with E-state index in [1.165, 1.54) is 13.0 Å². The number of hydrogen-bond donors (Lipinski definition) is 3. The van der Waals surface area contributed by atoms with Crippen LogP contribution in [0.1, 0.15) is 57.8 Å². The summed E-state index contributed by atoms with van der Waals surface area (Å²) in [5, 5.41) is 5.48. The first-order valence-electron chi connectivity index (χ1n) is 21.1. The van der Waals surface area contributed by atoms with E-state index >= 15 is 17.6 Å². The molecule has 1 aliphatic rings. The molecule has 0 radical (unpaired) electrons. The Morgan fingerprint density at radius 1 is 0.894 bits per heavy atom. The lowest BCUT2D eigenvalue weighted by molar-refractivity contribution is -0.137. The van der Waals surface area contributed by atoms with Gasteiger partial charge in [-0.25, -0.2) is 19.3 Å². The van der Waals surface area contributed by atoms with Crippen LogP contribution in [0.3, 0.4) is 0 Å². The van der Waals surface area contributed by atoms with Gasteiger partial charge in [0.1, 0.15) is 40.6 Å². The van der Waals surface area contributed by atoms with Gasteiger partial charge >= 0.3 is 6.18 Å². The van der Waals surface area contributed by atoms with Crippen LogP contribution in [0.2, 0.25) is 10.3 Å². The Labute approximate surface area is 388 Å². The molecule has 66 heavy (non-hydrogen) atoms. The van der Waals surface area contributed by atoms with Crippen LogP contribution in [0.15, 0.2) is 102 Å². The van der Waals surface area contributed by atoms with Gasteiger partial charge in [-0.2, -0.15) is 13.2 Å². The van der Waals surface area contributed by atoms with Crippen molar-refractivity contribution in [2.45, 2.75) is 58.0 Å². The molecular formula is C49H45Cl2F4N7O4. The Hall–Kier alpha value is -6.42. The largest absolute Gasteiger partial charge is 0.497 e. The van der Waals surface area contributed by atoms with Gasteiger partial charge in [0.05, 0.1) is 36.1 Å². The Morgan fingerprint density at radius 3 is 2.20 bits per heavy atom. The van der Waals surface area contributed by atoms with Gasteiger partial charge in [0.2, 0.25) is 5.28 Å². The highest BCUT2D eigenvalue weighted by Crippen LogP contribution is 2.47. The second-order valence-electron chi connectivity index (χ2n) is 15.8. The first kappa shape index (κ1) is 46.1. The van der Waals surface area contributed by atoms with Gasteiger partial charge in [-0.15, -0.1) is 0 Å². The van der Waals surface area contributed by atoms with Crippen LogP contribution in [-0.4, -0.2) is 47.3 Å². The average molecular weight is 943 g/mol. The number of methoxy groups -OCH3 is 2. The van der Waals surface area contributed by atoms with Crippen molar-refractivity contribution < 1.29 is 31.8 Å². The van der Waals surface area contributed by atoms with E-state index in [4.69, 9.17) is 37.4 Å². The molecule has 3 N–H and O–H groups in total. The van der Waals surface area contributed by atoms with Crippen molar-refractivity contribution in [3.63, 3.8) is 0 Å². The zero-order valence-corrected chi connectivity index (χ0v) is 37.7. The molecule has 0 bridgehead atoms. The fourth-order valence-electron chi connectivity index (χ4n) is 8.35. The molecule has 3 heterocycles. The summed E-state index contributed by atoms with van der Waals surface area (Å²) in [4.78, 5) is 30.9. The van der Waals surface area contributed by atoms with Crippen molar-refractivity contribution >= 4 is 45.7 Å². The first-order valence-corrected chi connectivity index (χ1v) is 21.9. The zero-order valence-electron chi connectivity index (χ0n) is 36.2. The summed E-state index contributed by atoms with van der Waals surface area (Å²) in [6.45, 7) is 2.28. The van der Waals surface area contributed by atoms with Crippen molar-refractivity contribution in [1.82, 2.24) is 25.3 Å². The molecule has 7 aromatic rings. The Morgan fingerprint density at radius 2 is 1.56 bits per heavy atom. The monoisotopic (exact) mass is 941 g/mol. The molecule has 11 nitrogen and oxygen atoms in total. The van der Waals surface area contributed by atoms with Crippen LogP contribution in [0.4, 0.5) is 29.2 Å². The third-order valence-corrected chi connectivity index (χ3v) is 12.0. The molecule has 0 unspecified atom stereocenters. The number of aromatic amines is 1. The van der Waals surface area contributed by atoms with Crippen LogP contribution >= 0.6 is 23.2 Å². The molecule has 0 spiro atoms. The predicted octanol–water partition coefficient (Wildman–Crippen LogP) is 11.0. The van der Waals surface area contributed by atoms with Crippen LogP contribution in [0, 0.1) is 12.7 Å². The van der Waals surface area contributed by atoms with E-state index in [0.717, 1.165) is 52.9 Å². The van der Waals surface area contributed by atoms with Gasteiger partial charge in [0.15, 0.2) is 11.6 Å². The molecule has 17 heteroatoms. The standard InChI is InChI=1S/C49H45Cl2F4N7O4/c1-28-24-36(62(26-30-12-16-33(64-2)17-13-30)27-31-14-18-34(65-3)19-15-31)59-43(40(28)49(53,54)55)38-41(50)45(39-44(42(38)52)60-48(51)61-47(39)63)66-23-22-56-35-11-7-10-32-20-21-57-46(37(32)35)58-25-29-8-5-4-6-9-29/h4-6,8-9,12-21,24,35,56H,7,10-11,22-23,25-27H2,1-3H3,(H,57,58)(H,60,61,63)/t35-/m1/s1. The SMILES string of the molecule is COc1ccc(CN(Cc2ccc(OC)cc2)c2cc(C)c(C(F)(F)F)c(-c3c(Cl)c(OCCN[C@@H]4CCCc5ccnc(NCc6ccccc6)c54)c4c(=O)[nH]c(Cl)nc4c3F)n2)cc1. The smallest absolute Gasteiger partial charge is 0.418 e. The summed E-state index contributed by atoms with van der Waals surface area (Å²) >= 11 is 13.2. The minimum atomic E-state index is -5.03.